The van der Waals surface area contributed by atoms with Gasteiger partial charge >= 0.3 is 0 Å². The lowest BCUT2D eigenvalue weighted by atomic mass is 10.0. The zero-order valence-electron chi connectivity index (χ0n) is 9.02. The molecule has 6 heteroatoms. The summed E-state index contributed by atoms with van der Waals surface area (Å²) in [5.41, 5.74) is 0. The van der Waals surface area contributed by atoms with Crippen LogP contribution < -0.4 is 0 Å². The first-order valence-corrected chi connectivity index (χ1v) is 7.51. The van der Waals surface area contributed by atoms with Gasteiger partial charge in [-0.1, -0.05) is 18.3 Å². The van der Waals surface area contributed by atoms with Gasteiger partial charge in [0.15, 0.2) is 5.13 Å². The largest absolute Gasteiger partial charge is 0.252 e. The smallest absolute Gasteiger partial charge is 0.206 e. The van der Waals surface area contributed by atoms with E-state index in [1.54, 1.807) is 0 Å². The second-order valence-electron chi connectivity index (χ2n) is 4.15. The molecular weight excluding hydrogens is 249 g/mol. The normalized spacial score (nSPS) is 20.1. The van der Waals surface area contributed by atoms with E-state index in [1.807, 2.05) is 0 Å². The van der Waals surface area contributed by atoms with Crippen molar-refractivity contribution < 1.29 is 12.8 Å². The van der Waals surface area contributed by atoms with Gasteiger partial charge in [0.1, 0.15) is 4.21 Å². The van der Waals surface area contributed by atoms with E-state index in [0.29, 0.717) is 30.3 Å². The van der Waals surface area contributed by atoms with Crippen LogP contribution in [0.25, 0.3) is 0 Å². The monoisotopic (exact) mass is 263 g/mol. The topological polar surface area (TPSA) is 37.4 Å². The molecule has 0 bridgehead atoms. The van der Waals surface area contributed by atoms with E-state index in [1.165, 1.54) is 16.4 Å². The van der Waals surface area contributed by atoms with E-state index in [-0.39, 0.29) is 4.21 Å². The van der Waals surface area contributed by atoms with Gasteiger partial charge in [-0.25, -0.2) is 8.42 Å². The Kier molecular flexibility index (Phi) is 3.32. The van der Waals surface area contributed by atoms with Crippen LogP contribution in [-0.4, -0.2) is 25.8 Å². The van der Waals surface area contributed by atoms with Crippen molar-refractivity contribution in [1.29, 1.82) is 0 Å². The van der Waals surface area contributed by atoms with Crippen LogP contribution in [0.4, 0.5) is 4.39 Å². The molecule has 16 heavy (non-hydrogen) atoms. The Morgan fingerprint density at radius 2 is 2.00 bits per heavy atom. The summed E-state index contributed by atoms with van der Waals surface area (Å²) >= 11 is 0.693. The molecule has 1 aliphatic heterocycles. The quantitative estimate of drug-likeness (QED) is 0.821. The number of nitrogens with zero attached hydrogens (tertiary/aromatic N) is 1. The van der Waals surface area contributed by atoms with E-state index < -0.39 is 15.2 Å². The first kappa shape index (κ1) is 12.0. The summed E-state index contributed by atoms with van der Waals surface area (Å²) in [5.74, 6) is 0.575. The average Bonchev–Trinajstić information content (AvgIpc) is 2.66. The van der Waals surface area contributed by atoms with Gasteiger partial charge in [-0.3, -0.25) is 0 Å². The third-order valence-electron chi connectivity index (χ3n) is 2.89. The predicted molar refractivity (Wildman–Crippen MR) is 61.4 cm³/mol. The van der Waals surface area contributed by atoms with E-state index in [9.17, 15) is 12.8 Å². The van der Waals surface area contributed by atoms with Gasteiger partial charge < -0.3 is 0 Å². The molecule has 0 N–H and O–H groups in total. The highest BCUT2D eigenvalue weighted by Crippen LogP contribution is 2.27. The molecule has 90 valence electrons. The SMILES string of the molecule is CC1CCN(S(=O)(=O)c2ccc(F)s2)CC1. The van der Waals surface area contributed by atoms with Crippen LogP contribution >= 0.6 is 11.3 Å². The Morgan fingerprint density at radius 3 is 2.50 bits per heavy atom. The van der Waals surface area contributed by atoms with Gasteiger partial charge in [-0.15, -0.1) is 0 Å². The molecule has 0 atom stereocenters. The van der Waals surface area contributed by atoms with Gasteiger partial charge in [0, 0.05) is 13.1 Å². The summed E-state index contributed by atoms with van der Waals surface area (Å²) in [7, 11) is -3.45. The highest BCUT2D eigenvalue weighted by atomic mass is 32.2. The molecule has 0 aliphatic carbocycles. The molecular formula is C10H14FNO2S2. The number of hydrogen-bond acceptors (Lipinski definition) is 3. The van der Waals surface area contributed by atoms with Crippen LogP contribution in [0.15, 0.2) is 16.3 Å². The van der Waals surface area contributed by atoms with Crippen LogP contribution in [-0.2, 0) is 10.0 Å². The van der Waals surface area contributed by atoms with Crippen molar-refractivity contribution in [2.24, 2.45) is 5.92 Å². The second kappa shape index (κ2) is 4.43. The van der Waals surface area contributed by atoms with Crippen molar-refractivity contribution in [2.45, 2.75) is 24.0 Å². The lowest BCUT2D eigenvalue weighted by Gasteiger charge is -2.28. The van der Waals surface area contributed by atoms with Crippen molar-refractivity contribution in [3.63, 3.8) is 0 Å². The highest BCUT2D eigenvalue weighted by molar-refractivity contribution is 7.91. The molecule has 0 aromatic carbocycles. The molecule has 2 heterocycles. The molecule has 3 nitrogen and oxygen atoms in total. The third-order valence-corrected chi connectivity index (χ3v) is 6.13. The maximum atomic E-state index is 12.8. The number of halogens is 1. The minimum Gasteiger partial charge on any atom is -0.206 e. The summed E-state index contributed by atoms with van der Waals surface area (Å²) in [5, 5.41) is -0.455. The fourth-order valence-electron chi connectivity index (χ4n) is 1.79. The number of piperidine rings is 1. The Labute approximate surface area is 98.9 Å². The number of rotatable bonds is 2. The first-order chi connectivity index (χ1) is 7.50. The minimum atomic E-state index is -3.45. The number of hydrogen-bond donors (Lipinski definition) is 0. The first-order valence-electron chi connectivity index (χ1n) is 5.25. The fraction of sp³-hybridized carbons (Fsp3) is 0.600. The van der Waals surface area contributed by atoms with Crippen molar-refractivity contribution in [3.05, 3.63) is 17.3 Å². The molecule has 1 aliphatic rings. The van der Waals surface area contributed by atoms with Crippen LogP contribution in [0, 0.1) is 11.0 Å². The Bertz CT molecular complexity index is 461. The van der Waals surface area contributed by atoms with Gasteiger partial charge in [0.2, 0.25) is 0 Å². The zero-order chi connectivity index (χ0) is 11.8. The summed E-state index contributed by atoms with van der Waals surface area (Å²) in [6.07, 6.45) is 1.76. The lowest BCUT2D eigenvalue weighted by molar-refractivity contribution is 0.288. The average molecular weight is 263 g/mol. The molecule has 0 saturated carbocycles. The van der Waals surface area contributed by atoms with Gasteiger partial charge in [-0.05, 0) is 30.9 Å². The van der Waals surface area contributed by atoms with E-state index in [0.717, 1.165) is 12.8 Å². The third kappa shape index (κ3) is 2.28. The summed E-state index contributed by atoms with van der Waals surface area (Å²) in [4.78, 5) is 0. The van der Waals surface area contributed by atoms with Crippen molar-refractivity contribution >= 4 is 21.4 Å². The van der Waals surface area contributed by atoms with Crippen molar-refractivity contribution in [2.75, 3.05) is 13.1 Å². The zero-order valence-corrected chi connectivity index (χ0v) is 10.7. The summed E-state index contributed by atoms with van der Waals surface area (Å²) < 4.78 is 38.5. The molecule has 0 spiro atoms. The Hall–Kier alpha value is -0.460. The van der Waals surface area contributed by atoms with Crippen molar-refractivity contribution in [3.8, 4) is 0 Å². The van der Waals surface area contributed by atoms with Crippen LogP contribution in [0.2, 0.25) is 0 Å². The molecule has 1 saturated heterocycles. The second-order valence-corrected chi connectivity index (χ2v) is 7.34. The van der Waals surface area contributed by atoms with Crippen LogP contribution in [0.1, 0.15) is 19.8 Å². The van der Waals surface area contributed by atoms with Gasteiger partial charge in [-0.2, -0.15) is 8.70 Å². The van der Waals surface area contributed by atoms with E-state index >= 15 is 0 Å². The Morgan fingerprint density at radius 1 is 1.38 bits per heavy atom. The summed E-state index contributed by atoms with van der Waals surface area (Å²) in [6.45, 7) is 3.21. The molecule has 1 fully saturated rings. The lowest BCUT2D eigenvalue weighted by Crippen LogP contribution is -2.37. The van der Waals surface area contributed by atoms with Crippen LogP contribution in [0.5, 0.6) is 0 Å². The molecule has 0 unspecified atom stereocenters. The minimum absolute atomic E-state index is 0.111. The number of sulfonamides is 1. The maximum absolute atomic E-state index is 12.8. The molecule has 0 amide bonds. The maximum Gasteiger partial charge on any atom is 0.252 e. The van der Waals surface area contributed by atoms with Crippen molar-refractivity contribution in [1.82, 2.24) is 4.31 Å². The predicted octanol–water partition coefficient (Wildman–Crippen LogP) is 2.31. The number of thiophene rings is 1. The Balaban J connectivity index is 2.20. The van der Waals surface area contributed by atoms with Crippen LogP contribution in [0.3, 0.4) is 0 Å². The fourth-order valence-corrected chi connectivity index (χ4v) is 4.42. The van der Waals surface area contributed by atoms with Gasteiger partial charge in [0.25, 0.3) is 10.0 Å². The van der Waals surface area contributed by atoms with Gasteiger partial charge in [0.05, 0.1) is 0 Å². The summed E-state index contributed by atoms with van der Waals surface area (Å²) in [6, 6.07) is 2.54. The molecule has 1 aromatic heterocycles. The van der Waals surface area contributed by atoms with E-state index in [4.69, 9.17) is 0 Å². The molecule has 2 rings (SSSR count). The molecule has 1 aromatic rings. The van der Waals surface area contributed by atoms with E-state index in [2.05, 4.69) is 6.92 Å². The molecule has 0 radical (unpaired) electrons. The standard InChI is InChI=1S/C10H14FNO2S2/c1-8-4-6-12(7-5-8)16(13,14)10-3-2-9(11)15-10/h2-3,8H,4-7H2,1H3. The highest BCUT2D eigenvalue weighted by Gasteiger charge is 2.29.